The zero-order valence-corrected chi connectivity index (χ0v) is 31.8. The fourth-order valence-corrected chi connectivity index (χ4v) is 6.89. The third-order valence-electron chi connectivity index (χ3n) is 10.3. The van der Waals surface area contributed by atoms with Crippen molar-refractivity contribution in [3.05, 3.63) is 111 Å². The maximum absolute atomic E-state index is 11.9. The minimum atomic E-state index is -1.35. The number of pyridine rings is 1. The highest BCUT2D eigenvalue weighted by atomic mass is 35.5. The number of halogens is 1. The molecule has 2 atom stereocenters. The molecular formula is C42H44ClN5O7. The lowest BCUT2D eigenvalue weighted by Crippen LogP contribution is -2.32. The molecule has 3 heterocycles. The normalized spacial score (nSPS) is 15.4. The van der Waals surface area contributed by atoms with Crippen LogP contribution in [0.2, 0.25) is 5.02 Å². The highest BCUT2D eigenvalue weighted by molar-refractivity contribution is 6.32. The summed E-state index contributed by atoms with van der Waals surface area (Å²) in [6.45, 7) is 7.64. The summed E-state index contributed by atoms with van der Waals surface area (Å²) in [6, 6.07) is 19.2. The molecule has 1 fully saturated rings. The Morgan fingerprint density at radius 2 is 1.75 bits per heavy atom. The lowest BCUT2D eigenvalue weighted by molar-refractivity contribution is -0.150. The van der Waals surface area contributed by atoms with Crippen molar-refractivity contribution in [2.75, 3.05) is 26.2 Å². The molecular weight excluding hydrogens is 722 g/mol. The van der Waals surface area contributed by atoms with E-state index in [1.54, 1.807) is 24.4 Å². The Morgan fingerprint density at radius 1 is 1.00 bits per heavy atom. The number of benzene rings is 3. The molecule has 2 aromatic heterocycles. The number of aromatic nitrogens is 3. The van der Waals surface area contributed by atoms with Crippen molar-refractivity contribution < 1.29 is 34.0 Å². The van der Waals surface area contributed by atoms with Gasteiger partial charge in [0.25, 0.3) is 0 Å². The van der Waals surface area contributed by atoms with E-state index in [2.05, 4.69) is 38.3 Å². The number of ether oxygens (including phenoxy) is 2. The largest absolute Gasteiger partial charge is 0.488 e. The number of rotatable bonds is 16. The van der Waals surface area contributed by atoms with Gasteiger partial charge in [0.1, 0.15) is 30.8 Å². The summed E-state index contributed by atoms with van der Waals surface area (Å²) in [5.74, 6) is 0.734. The summed E-state index contributed by atoms with van der Waals surface area (Å²) in [5.41, 5.74) is 6.24. The summed E-state index contributed by atoms with van der Waals surface area (Å²) in [5, 5.41) is 47.7. The summed E-state index contributed by atoms with van der Waals surface area (Å²) in [4.78, 5) is 18.2. The first-order chi connectivity index (χ1) is 26.5. The van der Waals surface area contributed by atoms with Gasteiger partial charge in [0.05, 0.1) is 28.7 Å². The number of nitrogens with zero attached hydrogens (tertiary/aromatic N) is 5. The highest BCUT2D eigenvalue weighted by Crippen LogP contribution is 2.38. The minimum absolute atomic E-state index is 0.0981. The Morgan fingerprint density at radius 3 is 2.47 bits per heavy atom. The number of hydrogen-bond acceptors (Lipinski definition) is 11. The lowest BCUT2D eigenvalue weighted by atomic mass is 9.85. The summed E-state index contributed by atoms with van der Waals surface area (Å²) in [7, 11) is 0. The molecule has 3 aromatic carbocycles. The fraction of sp³-hybridized carbons (Fsp3) is 0.357. The van der Waals surface area contributed by atoms with Gasteiger partial charge in [-0.25, -0.2) is 0 Å². The van der Waals surface area contributed by atoms with Gasteiger partial charge >= 0.3 is 5.97 Å². The molecule has 0 amide bonds. The lowest BCUT2D eigenvalue weighted by Gasteiger charge is -2.23. The number of carboxylic acid groups (broad SMARTS) is 1. The van der Waals surface area contributed by atoms with E-state index < -0.39 is 18.0 Å². The van der Waals surface area contributed by atoms with Crippen LogP contribution in [0.3, 0.4) is 0 Å². The van der Waals surface area contributed by atoms with Crippen molar-refractivity contribution in [1.29, 1.82) is 5.26 Å². The molecule has 0 unspecified atom stereocenters. The Labute approximate surface area is 325 Å². The van der Waals surface area contributed by atoms with E-state index in [-0.39, 0.29) is 32.2 Å². The highest BCUT2D eigenvalue weighted by Gasteiger charge is 2.32. The van der Waals surface area contributed by atoms with Gasteiger partial charge in [-0.2, -0.15) is 5.26 Å². The number of carboxylic acids is 1. The second-order valence-electron chi connectivity index (χ2n) is 14.2. The molecule has 13 heteroatoms. The SMILES string of the molecule is Cc1c(COc2cc(OCc3cncc(C#N)c3)c(CC[C@@](C)(CO)C(=O)O)cc2Cl)cccc1-c1cccc(-c2nnc(CCN3CC[C@@H](O)C3)o2)c1C. The molecule has 12 nitrogen and oxygen atoms in total. The van der Waals surface area contributed by atoms with Gasteiger partial charge in [-0.15, -0.1) is 10.2 Å². The number of aryl methyl sites for hydroxylation is 1. The van der Waals surface area contributed by atoms with Crippen LogP contribution in [0.1, 0.15) is 59.0 Å². The van der Waals surface area contributed by atoms with Crippen molar-refractivity contribution in [2.24, 2.45) is 5.41 Å². The van der Waals surface area contributed by atoms with Gasteiger partial charge in [0, 0.05) is 55.6 Å². The predicted molar refractivity (Wildman–Crippen MR) is 206 cm³/mol. The van der Waals surface area contributed by atoms with Crippen LogP contribution in [-0.2, 0) is 30.8 Å². The van der Waals surface area contributed by atoms with E-state index in [4.69, 9.17) is 25.5 Å². The maximum Gasteiger partial charge on any atom is 0.311 e. The zero-order chi connectivity index (χ0) is 39.1. The summed E-state index contributed by atoms with van der Waals surface area (Å²) in [6.07, 6.45) is 4.61. The molecule has 5 aromatic rings. The molecule has 0 bridgehead atoms. The van der Waals surface area contributed by atoms with E-state index in [1.165, 1.54) is 13.1 Å². The van der Waals surface area contributed by atoms with E-state index >= 15 is 0 Å². The monoisotopic (exact) mass is 765 g/mol. The van der Waals surface area contributed by atoms with Crippen LogP contribution in [0.4, 0.5) is 0 Å². The van der Waals surface area contributed by atoms with Crippen molar-refractivity contribution >= 4 is 17.6 Å². The number of likely N-dealkylation sites (tertiary alicyclic amines) is 1. The maximum atomic E-state index is 11.9. The molecule has 1 aliphatic heterocycles. The molecule has 0 saturated carbocycles. The molecule has 6 rings (SSSR count). The molecule has 0 aliphatic carbocycles. The van der Waals surface area contributed by atoms with Crippen molar-refractivity contribution in [1.82, 2.24) is 20.1 Å². The van der Waals surface area contributed by atoms with E-state index in [9.17, 15) is 25.4 Å². The molecule has 286 valence electrons. The van der Waals surface area contributed by atoms with E-state index in [1.807, 2.05) is 38.1 Å². The van der Waals surface area contributed by atoms with Crippen LogP contribution in [0.5, 0.6) is 11.5 Å². The topological polar surface area (TPSA) is 175 Å². The standard InChI is InChI=1S/C42H44ClN5O7/c1-26-31(6-4-7-33(26)34-8-5-9-35(27(34)2)40-47-46-39(55-40)12-15-48-14-11-32(50)22-48)24-54-38-18-37(53-23-29-16-28(19-44)20-45-21-29)30(17-36(38)43)10-13-42(3,25-49)41(51)52/h4-9,16-18,20-21,32,49-50H,10-15,22-25H2,1-3H3,(H,51,52)/t32-,42+/m1/s1. The smallest absolute Gasteiger partial charge is 0.311 e. The van der Waals surface area contributed by atoms with Crippen molar-refractivity contribution in [2.45, 2.75) is 65.8 Å². The van der Waals surface area contributed by atoms with Gasteiger partial charge in [-0.1, -0.05) is 41.9 Å². The van der Waals surface area contributed by atoms with Crippen LogP contribution in [0.25, 0.3) is 22.6 Å². The predicted octanol–water partition coefficient (Wildman–Crippen LogP) is 6.72. The minimum Gasteiger partial charge on any atom is -0.488 e. The molecule has 0 spiro atoms. The van der Waals surface area contributed by atoms with Crippen LogP contribution in [0, 0.1) is 30.6 Å². The fourth-order valence-electron chi connectivity index (χ4n) is 6.65. The first-order valence-electron chi connectivity index (χ1n) is 18.2. The molecule has 3 N–H and O–H groups in total. The van der Waals surface area contributed by atoms with Gasteiger partial charge < -0.3 is 34.1 Å². The Bertz CT molecular complexity index is 2200. The zero-order valence-electron chi connectivity index (χ0n) is 31.1. The van der Waals surface area contributed by atoms with Crippen LogP contribution < -0.4 is 9.47 Å². The average molecular weight is 766 g/mol. The number of nitriles is 1. The molecule has 55 heavy (non-hydrogen) atoms. The first kappa shape index (κ1) is 39.4. The quantitative estimate of drug-likeness (QED) is 0.0968. The molecule has 1 saturated heterocycles. The number of carbonyl (C=O) groups is 1. The Hall–Kier alpha value is -5.32. The van der Waals surface area contributed by atoms with E-state index in [0.717, 1.165) is 52.9 Å². The van der Waals surface area contributed by atoms with Crippen molar-refractivity contribution in [3.63, 3.8) is 0 Å². The van der Waals surface area contributed by atoms with E-state index in [0.29, 0.717) is 58.0 Å². The van der Waals surface area contributed by atoms with Crippen LogP contribution in [-0.4, -0.2) is 73.7 Å². The van der Waals surface area contributed by atoms with Crippen molar-refractivity contribution in [3.8, 4) is 40.1 Å². The summed E-state index contributed by atoms with van der Waals surface area (Å²) >= 11 is 6.77. The Kier molecular flexibility index (Phi) is 12.5. The van der Waals surface area contributed by atoms with Gasteiger partial charge in [-0.3, -0.25) is 9.78 Å². The summed E-state index contributed by atoms with van der Waals surface area (Å²) < 4.78 is 18.6. The van der Waals surface area contributed by atoms with Gasteiger partial charge in [0.15, 0.2) is 0 Å². The van der Waals surface area contributed by atoms with Crippen LogP contribution in [0.15, 0.2) is 71.4 Å². The third kappa shape index (κ3) is 9.32. The van der Waals surface area contributed by atoms with Gasteiger partial charge in [0.2, 0.25) is 11.8 Å². The Balaban J connectivity index is 1.21. The molecule has 1 aliphatic rings. The number of aliphatic carboxylic acids is 1. The second-order valence-corrected chi connectivity index (χ2v) is 14.7. The average Bonchev–Trinajstić information content (AvgIpc) is 3.84. The number of hydrogen-bond donors (Lipinski definition) is 3. The second kappa shape index (κ2) is 17.4. The van der Waals surface area contributed by atoms with Crippen LogP contribution >= 0.6 is 11.6 Å². The number of β-amino-alcohol motifs (C(OH)–C–C–N with tert-alkyl or cyclic N) is 1. The number of aliphatic hydroxyl groups is 2. The number of aliphatic hydroxyl groups excluding tert-OH is 2. The first-order valence-corrected chi connectivity index (χ1v) is 18.5. The third-order valence-corrected chi connectivity index (χ3v) is 10.6. The van der Waals surface area contributed by atoms with Gasteiger partial charge in [-0.05, 0) is 91.6 Å². The molecule has 0 radical (unpaired) electrons.